The molecule has 1 fully saturated rings. The topological polar surface area (TPSA) is 0 Å². The van der Waals surface area contributed by atoms with Crippen LogP contribution in [-0.2, 0) is 0 Å². The summed E-state index contributed by atoms with van der Waals surface area (Å²) in [5.74, 6) is -2.69. The number of unbranched alkanes of at least 4 members (excludes halogenated alkanes) is 1. The summed E-state index contributed by atoms with van der Waals surface area (Å²) in [6.07, 6.45) is 4.15. The van der Waals surface area contributed by atoms with E-state index >= 15 is 0 Å². The van der Waals surface area contributed by atoms with Gasteiger partial charge in [-0.3, -0.25) is 0 Å². The largest absolute Gasteiger partial charge is 0.252 e. The third kappa shape index (κ3) is 2.21. The van der Waals surface area contributed by atoms with Crippen molar-refractivity contribution in [1.29, 1.82) is 0 Å². The van der Waals surface area contributed by atoms with Gasteiger partial charge in [-0.1, -0.05) is 40.0 Å². The van der Waals surface area contributed by atoms with Gasteiger partial charge in [0.1, 0.15) is 0 Å². The first kappa shape index (κ1) is 10.9. The summed E-state index contributed by atoms with van der Waals surface area (Å²) in [5, 5.41) is 0. The minimum atomic E-state index is -2.35. The molecule has 0 saturated heterocycles. The lowest BCUT2D eigenvalue weighted by Gasteiger charge is -2.28. The molecular weight excluding hydrogens is 170 g/mol. The maximum Gasteiger partial charge on any atom is 0.252 e. The van der Waals surface area contributed by atoms with Crippen LogP contribution in [0.1, 0.15) is 52.9 Å². The smallest absolute Gasteiger partial charge is 0.207 e. The molecule has 0 aromatic carbocycles. The Labute approximate surface area is 79.7 Å². The van der Waals surface area contributed by atoms with Gasteiger partial charge in [-0.15, -0.1) is 0 Å². The Morgan fingerprint density at radius 3 is 2.23 bits per heavy atom. The lowest BCUT2D eigenvalue weighted by molar-refractivity contribution is 0.0547. The summed E-state index contributed by atoms with van der Waals surface area (Å²) in [7, 11) is 0. The van der Waals surface area contributed by atoms with Gasteiger partial charge >= 0.3 is 0 Å². The molecule has 2 atom stereocenters. The van der Waals surface area contributed by atoms with E-state index in [0.29, 0.717) is 0 Å². The van der Waals surface area contributed by atoms with Crippen LogP contribution >= 0.6 is 0 Å². The number of halogens is 2. The Kier molecular flexibility index (Phi) is 2.98. The summed E-state index contributed by atoms with van der Waals surface area (Å²) in [4.78, 5) is 0. The molecule has 1 saturated carbocycles. The van der Waals surface area contributed by atoms with E-state index < -0.39 is 5.92 Å². The van der Waals surface area contributed by atoms with Crippen molar-refractivity contribution in [1.82, 2.24) is 0 Å². The minimum absolute atomic E-state index is 0.112. The molecule has 0 bridgehead atoms. The van der Waals surface area contributed by atoms with Crippen LogP contribution in [0.2, 0.25) is 0 Å². The van der Waals surface area contributed by atoms with Gasteiger partial charge in [0, 0.05) is 12.3 Å². The van der Waals surface area contributed by atoms with E-state index in [-0.39, 0.29) is 17.8 Å². The van der Waals surface area contributed by atoms with E-state index in [4.69, 9.17) is 0 Å². The average molecular weight is 190 g/mol. The second-order valence-corrected chi connectivity index (χ2v) is 4.63. The summed E-state index contributed by atoms with van der Waals surface area (Å²) in [6, 6.07) is 0. The van der Waals surface area contributed by atoms with Crippen LogP contribution in [0.4, 0.5) is 8.78 Å². The van der Waals surface area contributed by atoms with Gasteiger partial charge in [-0.05, 0) is 11.8 Å². The van der Waals surface area contributed by atoms with Crippen molar-refractivity contribution in [2.24, 2.45) is 11.3 Å². The Balaban J connectivity index is 2.50. The average Bonchev–Trinajstić information content (AvgIpc) is 2.72. The van der Waals surface area contributed by atoms with Crippen LogP contribution in [0.15, 0.2) is 0 Å². The normalized spacial score (nSPS) is 29.8. The van der Waals surface area contributed by atoms with Crippen LogP contribution in [0.25, 0.3) is 0 Å². The highest BCUT2D eigenvalue weighted by Crippen LogP contribution is 2.60. The molecule has 0 spiro atoms. The molecule has 0 radical (unpaired) electrons. The maximum absolute atomic E-state index is 12.9. The SMILES string of the molecule is CCCCC(C)(CC)C1CC1(F)F. The minimum Gasteiger partial charge on any atom is -0.207 e. The molecule has 2 unspecified atom stereocenters. The van der Waals surface area contributed by atoms with Crippen LogP contribution in [-0.4, -0.2) is 5.92 Å². The quantitative estimate of drug-likeness (QED) is 0.608. The monoisotopic (exact) mass is 190 g/mol. The third-order valence-corrected chi connectivity index (χ3v) is 3.58. The van der Waals surface area contributed by atoms with Gasteiger partial charge in [0.15, 0.2) is 0 Å². The third-order valence-electron chi connectivity index (χ3n) is 3.58. The predicted octanol–water partition coefficient (Wildman–Crippen LogP) is 4.25. The fraction of sp³-hybridized carbons (Fsp3) is 1.00. The fourth-order valence-corrected chi connectivity index (χ4v) is 2.15. The van der Waals surface area contributed by atoms with Crippen molar-refractivity contribution in [2.45, 2.75) is 58.8 Å². The highest BCUT2D eigenvalue weighted by atomic mass is 19.3. The first-order valence-corrected chi connectivity index (χ1v) is 5.34. The molecule has 1 rings (SSSR count). The van der Waals surface area contributed by atoms with E-state index in [2.05, 4.69) is 6.92 Å². The fourth-order valence-electron chi connectivity index (χ4n) is 2.15. The van der Waals surface area contributed by atoms with Crippen LogP contribution in [0, 0.1) is 11.3 Å². The van der Waals surface area contributed by atoms with Gasteiger partial charge in [-0.2, -0.15) is 0 Å². The van der Waals surface area contributed by atoms with E-state index in [9.17, 15) is 8.78 Å². The van der Waals surface area contributed by atoms with Gasteiger partial charge in [-0.25, -0.2) is 8.78 Å². The van der Waals surface area contributed by atoms with Crippen molar-refractivity contribution >= 4 is 0 Å². The Morgan fingerprint density at radius 2 is 1.92 bits per heavy atom. The number of alkyl halides is 2. The molecule has 1 aliphatic carbocycles. The van der Waals surface area contributed by atoms with Gasteiger partial charge in [0.05, 0.1) is 0 Å². The van der Waals surface area contributed by atoms with Crippen molar-refractivity contribution in [3.63, 3.8) is 0 Å². The lowest BCUT2D eigenvalue weighted by atomic mass is 9.77. The second kappa shape index (κ2) is 3.55. The highest BCUT2D eigenvalue weighted by molar-refractivity contribution is 5.04. The van der Waals surface area contributed by atoms with E-state index in [1.54, 1.807) is 0 Å². The summed E-state index contributed by atoms with van der Waals surface area (Å²) < 4.78 is 25.8. The van der Waals surface area contributed by atoms with Crippen molar-refractivity contribution in [2.75, 3.05) is 0 Å². The van der Waals surface area contributed by atoms with E-state index in [1.165, 1.54) is 0 Å². The second-order valence-electron chi connectivity index (χ2n) is 4.63. The molecule has 0 aromatic rings. The number of hydrogen-bond acceptors (Lipinski definition) is 0. The predicted molar refractivity (Wildman–Crippen MR) is 51.0 cm³/mol. The zero-order chi connectivity index (χ0) is 10.1. The first-order chi connectivity index (χ1) is 5.96. The summed E-state index contributed by atoms with van der Waals surface area (Å²) in [5.41, 5.74) is -0.112. The standard InChI is InChI=1S/C11H20F2/c1-4-6-7-10(3,5-2)9-8-11(9,12)13/h9H,4-8H2,1-3H3. The van der Waals surface area contributed by atoms with Crippen LogP contribution in [0.5, 0.6) is 0 Å². The van der Waals surface area contributed by atoms with Crippen LogP contribution in [0.3, 0.4) is 0 Å². The van der Waals surface area contributed by atoms with E-state index in [1.807, 2.05) is 13.8 Å². The Bertz CT molecular complexity index is 177. The van der Waals surface area contributed by atoms with Crippen molar-refractivity contribution in [3.8, 4) is 0 Å². The molecule has 13 heavy (non-hydrogen) atoms. The van der Waals surface area contributed by atoms with Gasteiger partial charge < -0.3 is 0 Å². The molecule has 0 heterocycles. The Morgan fingerprint density at radius 1 is 1.38 bits per heavy atom. The molecule has 0 nitrogen and oxygen atoms in total. The Hall–Kier alpha value is -0.140. The van der Waals surface area contributed by atoms with Gasteiger partial charge in [0.2, 0.25) is 0 Å². The molecule has 0 N–H and O–H groups in total. The first-order valence-electron chi connectivity index (χ1n) is 5.34. The maximum atomic E-state index is 12.9. The molecular formula is C11H20F2. The van der Waals surface area contributed by atoms with Crippen molar-refractivity contribution in [3.05, 3.63) is 0 Å². The van der Waals surface area contributed by atoms with Crippen molar-refractivity contribution < 1.29 is 8.78 Å². The van der Waals surface area contributed by atoms with Crippen LogP contribution < -0.4 is 0 Å². The zero-order valence-electron chi connectivity index (χ0n) is 8.87. The van der Waals surface area contributed by atoms with Gasteiger partial charge in [0.25, 0.3) is 5.92 Å². The molecule has 1 aliphatic rings. The lowest BCUT2D eigenvalue weighted by Crippen LogP contribution is -2.21. The van der Waals surface area contributed by atoms with E-state index in [0.717, 1.165) is 25.7 Å². The molecule has 0 aliphatic heterocycles. The zero-order valence-corrected chi connectivity index (χ0v) is 8.87. The molecule has 0 amide bonds. The summed E-state index contributed by atoms with van der Waals surface area (Å²) >= 11 is 0. The molecule has 2 heteroatoms. The summed E-state index contributed by atoms with van der Waals surface area (Å²) in [6.45, 7) is 6.17. The number of hydrogen-bond donors (Lipinski definition) is 0. The molecule has 78 valence electrons. The molecule has 0 aromatic heterocycles. The number of rotatable bonds is 5. The highest BCUT2D eigenvalue weighted by Gasteiger charge is 2.63.